The van der Waals surface area contributed by atoms with E-state index in [1.54, 1.807) is 0 Å². The van der Waals surface area contributed by atoms with Gasteiger partial charge in [-0.25, -0.2) is 4.39 Å². The molecule has 1 aliphatic rings. The van der Waals surface area contributed by atoms with Crippen LogP contribution in [-0.4, -0.2) is 47.5 Å². The van der Waals surface area contributed by atoms with Crippen LogP contribution in [0.1, 0.15) is 19.4 Å². The maximum absolute atomic E-state index is 13.2. The first-order chi connectivity index (χ1) is 14.9. The quantitative estimate of drug-likeness (QED) is 0.496. The van der Waals surface area contributed by atoms with E-state index in [1.165, 1.54) is 12.1 Å². The van der Waals surface area contributed by atoms with E-state index in [0.29, 0.717) is 12.3 Å². The molecule has 1 aliphatic heterocycles. The minimum atomic E-state index is -0.222. The lowest BCUT2D eigenvalue weighted by Crippen LogP contribution is -2.58. The molecule has 1 heterocycles. The number of halogens is 2. The lowest BCUT2D eigenvalue weighted by Gasteiger charge is -2.44. The summed E-state index contributed by atoms with van der Waals surface area (Å²) in [6, 6.07) is 18.8. The van der Waals surface area contributed by atoms with Crippen molar-refractivity contribution in [2.24, 2.45) is 0 Å². The molecule has 4 nitrogen and oxygen atoms in total. The minimum absolute atomic E-state index is 0.00307. The lowest BCUT2D eigenvalue weighted by molar-refractivity contribution is -0.139. The van der Waals surface area contributed by atoms with E-state index in [-0.39, 0.29) is 30.4 Å². The molecule has 0 aromatic heterocycles. The summed E-state index contributed by atoms with van der Waals surface area (Å²) >= 11 is 3.48. The molecule has 0 unspecified atom stereocenters. The third-order valence-electron chi connectivity index (χ3n) is 5.87. The van der Waals surface area contributed by atoms with Crippen LogP contribution in [0.5, 0.6) is 5.75 Å². The second-order valence-corrected chi connectivity index (χ2v) is 9.16. The number of hydrogen-bond acceptors (Lipinski definition) is 3. The van der Waals surface area contributed by atoms with Gasteiger partial charge in [0.25, 0.3) is 5.91 Å². The van der Waals surface area contributed by atoms with Crippen molar-refractivity contribution in [2.45, 2.75) is 32.5 Å². The van der Waals surface area contributed by atoms with Crippen LogP contribution >= 0.6 is 15.9 Å². The van der Waals surface area contributed by atoms with Crippen molar-refractivity contribution in [2.75, 3.05) is 19.7 Å². The SMILES string of the molecule is C[C@@H]1CN(Cc2ccc(F)cc2)[C@@H](C)CN1C(=O)COc1ccc2cc(Br)ccc2c1. The van der Waals surface area contributed by atoms with Gasteiger partial charge in [-0.3, -0.25) is 9.69 Å². The maximum Gasteiger partial charge on any atom is 0.260 e. The smallest absolute Gasteiger partial charge is 0.260 e. The highest BCUT2D eigenvalue weighted by molar-refractivity contribution is 9.10. The van der Waals surface area contributed by atoms with Crippen LogP contribution in [0.15, 0.2) is 65.1 Å². The number of nitrogens with zero attached hydrogens (tertiary/aromatic N) is 2. The van der Waals surface area contributed by atoms with Gasteiger partial charge in [-0.15, -0.1) is 0 Å². The molecule has 3 aromatic rings. The third-order valence-corrected chi connectivity index (χ3v) is 6.36. The fourth-order valence-corrected chi connectivity index (χ4v) is 4.48. The molecule has 4 rings (SSSR count). The van der Waals surface area contributed by atoms with Crippen molar-refractivity contribution >= 4 is 32.6 Å². The average Bonchev–Trinajstić information content (AvgIpc) is 2.75. The number of amides is 1. The van der Waals surface area contributed by atoms with Crippen molar-refractivity contribution in [1.82, 2.24) is 9.80 Å². The first-order valence-corrected chi connectivity index (χ1v) is 11.3. The number of piperazine rings is 1. The first kappa shape index (κ1) is 21.8. The van der Waals surface area contributed by atoms with Crippen molar-refractivity contribution < 1.29 is 13.9 Å². The van der Waals surface area contributed by atoms with Gasteiger partial charge < -0.3 is 9.64 Å². The Morgan fingerprint density at radius 3 is 2.48 bits per heavy atom. The van der Waals surface area contributed by atoms with Crippen LogP contribution in [0.25, 0.3) is 10.8 Å². The van der Waals surface area contributed by atoms with Gasteiger partial charge in [-0.05, 0) is 66.6 Å². The predicted octanol–water partition coefficient (Wildman–Crippen LogP) is 5.24. The molecule has 0 radical (unpaired) electrons. The van der Waals surface area contributed by atoms with Gasteiger partial charge in [0.05, 0.1) is 0 Å². The Morgan fingerprint density at radius 2 is 1.71 bits per heavy atom. The van der Waals surface area contributed by atoms with Crippen molar-refractivity contribution in [3.05, 3.63) is 76.5 Å². The fraction of sp³-hybridized carbons (Fsp3) is 0.320. The maximum atomic E-state index is 13.2. The number of benzene rings is 3. The molecule has 0 saturated carbocycles. The van der Waals surface area contributed by atoms with Crippen molar-refractivity contribution in [1.29, 1.82) is 0 Å². The summed E-state index contributed by atoms with van der Waals surface area (Å²) < 4.78 is 20.0. The van der Waals surface area contributed by atoms with Crippen molar-refractivity contribution in [3.63, 3.8) is 0 Å². The molecule has 0 aliphatic carbocycles. The Labute approximate surface area is 190 Å². The lowest BCUT2D eigenvalue weighted by atomic mass is 10.1. The van der Waals surface area contributed by atoms with Gasteiger partial charge in [-0.2, -0.15) is 0 Å². The largest absolute Gasteiger partial charge is 0.484 e. The van der Waals surface area contributed by atoms with Crippen LogP contribution in [-0.2, 0) is 11.3 Å². The number of rotatable bonds is 5. The van der Waals surface area contributed by atoms with Crippen LogP contribution in [0.2, 0.25) is 0 Å². The highest BCUT2D eigenvalue weighted by atomic mass is 79.9. The van der Waals surface area contributed by atoms with Crippen LogP contribution < -0.4 is 4.74 Å². The van der Waals surface area contributed by atoms with E-state index in [2.05, 4.69) is 40.7 Å². The van der Waals surface area contributed by atoms with Crippen LogP contribution in [0.3, 0.4) is 0 Å². The second-order valence-electron chi connectivity index (χ2n) is 8.24. The summed E-state index contributed by atoms with van der Waals surface area (Å²) in [6.45, 7) is 6.38. The molecule has 1 amide bonds. The Balaban J connectivity index is 1.34. The molecule has 31 heavy (non-hydrogen) atoms. The summed E-state index contributed by atoms with van der Waals surface area (Å²) in [7, 11) is 0. The minimum Gasteiger partial charge on any atom is -0.484 e. The monoisotopic (exact) mass is 484 g/mol. The molecule has 1 fully saturated rings. The zero-order valence-corrected chi connectivity index (χ0v) is 19.3. The molecule has 0 bridgehead atoms. The predicted molar refractivity (Wildman–Crippen MR) is 125 cm³/mol. The van der Waals surface area contributed by atoms with Gasteiger partial charge in [0.15, 0.2) is 6.61 Å². The van der Waals surface area contributed by atoms with E-state index in [4.69, 9.17) is 4.74 Å². The van der Waals surface area contributed by atoms with E-state index in [1.807, 2.05) is 47.4 Å². The first-order valence-electron chi connectivity index (χ1n) is 10.5. The number of hydrogen-bond donors (Lipinski definition) is 0. The molecule has 2 atom stereocenters. The Kier molecular flexibility index (Phi) is 6.58. The topological polar surface area (TPSA) is 32.8 Å². The highest BCUT2D eigenvalue weighted by Gasteiger charge is 2.32. The number of fused-ring (bicyclic) bond motifs is 1. The zero-order valence-electron chi connectivity index (χ0n) is 17.7. The van der Waals surface area contributed by atoms with Gasteiger partial charge >= 0.3 is 0 Å². The molecular weight excluding hydrogens is 459 g/mol. The van der Waals surface area contributed by atoms with Gasteiger partial charge in [0.2, 0.25) is 0 Å². The van der Waals surface area contributed by atoms with Gasteiger partial charge in [0.1, 0.15) is 11.6 Å². The average molecular weight is 485 g/mol. The molecule has 0 spiro atoms. The fourth-order valence-electron chi connectivity index (χ4n) is 4.10. The Hall–Kier alpha value is -2.44. The summed E-state index contributed by atoms with van der Waals surface area (Å²) in [5.41, 5.74) is 1.08. The molecule has 162 valence electrons. The van der Waals surface area contributed by atoms with Crippen molar-refractivity contribution in [3.8, 4) is 5.75 Å². The second kappa shape index (κ2) is 9.37. The summed E-state index contributed by atoms with van der Waals surface area (Å²) in [4.78, 5) is 17.1. The summed E-state index contributed by atoms with van der Waals surface area (Å²) in [6.07, 6.45) is 0. The highest BCUT2D eigenvalue weighted by Crippen LogP contribution is 2.24. The normalized spacial score (nSPS) is 19.5. The molecule has 0 N–H and O–H groups in total. The van der Waals surface area contributed by atoms with Gasteiger partial charge in [0, 0.05) is 36.2 Å². The Morgan fingerprint density at radius 1 is 1.00 bits per heavy atom. The standard InChI is InChI=1S/C25H26BrFN2O2/c1-17-14-29(18(2)13-28(17)15-19-3-8-23(27)9-4-19)25(30)16-31-24-10-6-20-11-22(26)7-5-21(20)12-24/h3-12,17-18H,13-16H2,1-2H3/t17-,18+/m0/s1. The van der Waals surface area contributed by atoms with E-state index >= 15 is 0 Å². The van der Waals surface area contributed by atoms with E-state index < -0.39 is 0 Å². The molecule has 1 saturated heterocycles. The number of carbonyl (C=O) groups excluding carboxylic acids is 1. The third kappa shape index (κ3) is 5.25. The summed E-state index contributed by atoms with van der Waals surface area (Å²) in [5, 5.41) is 2.19. The van der Waals surface area contributed by atoms with Crippen LogP contribution in [0.4, 0.5) is 4.39 Å². The molecule has 6 heteroatoms. The van der Waals surface area contributed by atoms with Gasteiger partial charge in [-0.1, -0.05) is 40.2 Å². The zero-order chi connectivity index (χ0) is 22.0. The Bertz CT molecular complexity index is 1070. The van der Waals surface area contributed by atoms with Crippen LogP contribution in [0, 0.1) is 5.82 Å². The van der Waals surface area contributed by atoms with E-state index in [9.17, 15) is 9.18 Å². The van der Waals surface area contributed by atoms with E-state index in [0.717, 1.165) is 33.9 Å². The number of carbonyl (C=O) groups is 1. The number of ether oxygens (including phenoxy) is 1. The summed E-state index contributed by atoms with van der Waals surface area (Å²) in [5.74, 6) is 0.468. The molecule has 3 aromatic carbocycles. The molecular formula is C25H26BrFN2O2.